The molecular weight excluding hydrogens is 348 g/mol. The molecule has 0 fully saturated rings. The molecule has 1 heterocycles. The summed E-state index contributed by atoms with van der Waals surface area (Å²) in [5.74, 6) is -0.269. The number of amides is 2. The maximum absolute atomic E-state index is 12.3. The van der Waals surface area contributed by atoms with Crippen LogP contribution in [0, 0.1) is 0 Å². The van der Waals surface area contributed by atoms with E-state index in [0.29, 0.717) is 22.9 Å². The van der Waals surface area contributed by atoms with Crippen molar-refractivity contribution in [3.05, 3.63) is 70.1 Å². The lowest BCUT2D eigenvalue weighted by Gasteiger charge is -2.10. The number of aryl methyl sites for hydroxylation is 1. The molecule has 3 rings (SSSR count). The van der Waals surface area contributed by atoms with Gasteiger partial charge in [-0.25, -0.2) is 5.10 Å². The molecule has 0 atom stereocenters. The molecule has 0 saturated carbocycles. The van der Waals surface area contributed by atoms with E-state index in [4.69, 9.17) is 4.74 Å². The van der Waals surface area contributed by atoms with Crippen molar-refractivity contribution in [3.8, 4) is 5.75 Å². The van der Waals surface area contributed by atoms with Crippen molar-refractivity contribution in [2.75, 3.05) is 7.11 Å². The lowest BCUT2D eigenvalue weighted by molar-refractivity contribution is -0.121. The number of hydrogen-bond donors (Lipinski definition) is 3. The van der Waals surface area contributed by atoms with Gasteiger partial charge in [-0.15, -0.1) is 0 Å². The Bertz CT molecular complexity index is 1050. The third-order valence-corrected chi connectivity index (χ3v) is 4.04. The number of rotatable bonds is 5. The summed E-state index contributed by atoms with van der Waals surface area (Å²) in [6, 6.07) is 14.0. The standard InChI is InChI=1S/C19H18N4O4/c1-27-15-9-5-2-6-12(15)10-11-16(24)20-23-19(26)17-13-7-3-4-8-14(13)18(25)22-21-17/h2-9H,10-11H2,1H3,(H,20,24)(H,22,25)(H,23,26). The second-order valence-corrected chi connectivity index (χ2v) is 5.76. The Morgan fingerprint density at radius 3 is 2.52 bits per heavy atom. The molecule has 0 aliphatic heterocycles. The highest BCUT2D eigenvalue weighted by molar-refractivity contribution is 6.05. The molecular formula is C19H18N4O4. The number of nitrogens with zero attached hydrogens (tertiary/aromatic N) is 1. The van der Waals surface area contributed by atoms with Crippen LogP contribution in [0.5, 0.6) is 5.75 Å². The number of hydrogen-bond acceptors (Lipinski definition) is 5. The monoisotopic (exact) mass is 366 g/mol. The summed E-state index contributed by atoms with van der Waals surface area (Å²) in [5.41, 5.74) is 5.21. The highest BCUT2D eigenvalue weighted by Crippen LogP contribution is 2.18. The Morgan fingerprint density at radius 1 is 1.04 bits per heavy atom. The van der Waals surface area contributed by atoms with Gasteiger partial charge in [-0.05, 0) is 24.1 Å². The molecule has 0 aliphatic carbocycles. The number of hydrazine groups is 1. The fourth-order valence-electron chi connectivity index (χ4n) is 2.69. The van der Waals surface area contributed by atoms with E-state index in [9.17, 15) is 14.4 Å². The van der Waals surface area contributed by atoms with E-state index in [0.717, 1.165) is 5.56 Å². The predicted molar refractivity (Wildman–Crippen MR) is 99.3 cm³/mol. The van der Waals surface area contributed by atoms with E-state index >= 15 is 0 Å². The summed E-state index contributed by atoms with van der Waals surface area (Å²) in [6.45, 7) is 0. The molecule has 0 aliphatic rings. The molecule has 0 bridgehead atoms. The number of benzene rings is 2. The zero-order valence-corrected chi connectivity index (χ0v) is 14.6. The SMILES string of the molecule is COc1ccccc1CCC(=O)NNC(=O)c1n[nH]c(=O)c2ccccc12. The summed E-state index contributed by atoms with van der Waals surface area (Å²) in [6.07, 6.45) is 0.631. The van der Waals surface area contributed by atoms with E-state index in [1.54, 1.807) is 31.4 Å². The second kappa shape index (κ2) is 8.13. The zero-order valence-electron chi connectivity index (χ0n) is 14.6. The van der Waals surface area contributed by atoms with Gasteiger partial charge in [0.05, 0.1) is 12.5 Å². The minimum absolute atomic E-state index is 0.0234. The highest BCUT2D eigenvalue weighted by Gasteiger charge is 2.14. The number of carbonyl (C=O) groups excluding carboxylic acids is 2. The molecule has 27 heavy (non-hydrogen) atoms. The van der Waals surface area contributed by atoms with Crippen molar-refractivity contribution >= 4 is 22.6 Å². The molecule has 2 amide bonds. The summed E-state index contributed by atoms with van der Waals surface area (Å²) in [7, 11) is 1.57. The number of ether oxygens (including phenoxy) is 1. The number of H-pyrrole nitrogens is 1. The molecule has 0 spiro atoms. The topological polar surface area (TPSA) is 113 Å². The van der Waals surface area contributed by atoms with E-state index in [-0.39, 0.29) is 23.6 Å². The van der Waals surface area contributed by atoms with Gasteiger partial charge in [0, 0.05) is 11.8 Å². The van der Waals surface area contributed by atoms with E-state index in [1.807, 2.05) is 24.3 Å². The van der Waals surface area contributed by atoms with Crippen LogP contribution >= 0.6 is 0 Å². The second-order valence-electron chi connectivity index (χ2n) is 5.76. The molecule has 0 unspecified atom stereocenters. The van der Waals surface area contributed by atoms with Crippen molar-refractivity contribution in [2.24, 2.45) is 0 Å². The van der Waals surface area contributed by atoms with Crippen LogP contribution in [-0.4, -0.2) is 29.1 Å². The van der Waals surface area contributed by atoms with Crippen LogP contribution in [0.15, 0.2) is 53.3 Å². The van der Waals surface area contributed by atoms with Crippen LogP contribution in [0.25, 0.3) is 10.8 Å². The van der Waals surface area contributed by atoms with E-state index in [1.165, 1.54) is 0 Å². The van der Waals surface area contributed by atoms with Crippen molar-refractivity contribution in [2.45, 2.75) is 12.8 Å². The third-order valence-electron chi connectivity index (χ3n) is 4.04. The first-order chi connectivity index (χ1) is 13.1. The maximum atomic E-state index is 12.3. The zero-order chi connectivity index (χ0) is 19.2. The van der Waals surface area contributed by atoms with Crippen LogP contribution in [0.1, 0.15) is 22.5 Å². The smallest absolute Gasteiger partial charge is 0.290 e. The Hall–Kier alpha value is -3.68. The van der Waals surface area contributed by atoms with Crippen LogP contribution in [0.4, 0.5) is 0 Å². The largest absolute Gasteiger partial charge is 0.496 e. The molecule has 138 valence electrons. The summed E-state index contributed by atoms with van der Waals surface area (Å²) >= 11 is 0. The van der Waals surface area contributed by atoms with Gasteiger partial charge in [0.25, 0.3) is 11.5 Å². The molecule has 3 aromatic rings. The van der Waals surface area contributed by atoms with Crippen LogP contribution in [0.2, 0.25) is 0 Å². The summed E-state index contributed by atoms with van der Waals surface area (Å²) in [4.78, 5) is 36.1. The van der Waals surface area contributed by atoms with Gasteiger partial charge in [-0.2, -0.15) is 5.10 Å². The number of fused-ring (bicyclic) bond motifs is 1. The van der Waals surface area contributed by atoms with Crippen molar-refractivity contribution < 1.29 is 14.3 Å². The lowest BCUT2D eigenvalue weighted by atomic mass is 10.1. The average Bonchev–Trinajstić information content (AvgIpc) is 2.71. The van der Waals surface area contributed by atoms with Crippen molar-refractivity contribution in [3.63, 3.8) is 0 Å². The first-order valence-electron chi connectivity index (χ1n) is 8.28. The van der Waals surface area contributed by atoms with Crippen LogP contribution < -0.4 is 21.1 Å². The lowest BCUT2D eigenvalue weighted by Crippen LogP contribution is -2.42. The van der Waals surface area contributed by atoms with Crippen molar-refractivity contribution in [1.82, 2.24) is 21.0 Å². The Morgan fingerprint density at radius 2 is 1.74 bits per heavy atom. The van der Waals surface area contributed by atoms with Gasteiger partial charge in [-0.3, -0.25) is 25.2 Å². The predicted octanol–water partition coefficient (Wildman–Crippen LogP) is 1.33. The first-order valence-corrected chi connectivity index (χ1v) is 8.28. The molecule has 0 radical (unpaired) electrons. The quantitative estimate of drug-likeness (QED) is 0.590. The Kier molecular flexibility index (Phi) is 5.46. The minimum Gasteiger partial charge on any atom is -0.496 e. The first kappa shape index (κ1) is 18.1. The van der Waals surface area contributed by atoms with Crippen LogP contribution in [-0.2, 0) is 11.2 Å². The van der Waals surface area contributed by atoms with Gasteiger partial charge < -0.3 is 4.74 Å². The third kappa shape index (κ3) is 4.12. The summed E-state index contributed by atoms with van der Waals surface area (Å²) in [5, 5.41) is 6.81. The van der Waals surface area contributed by atoms with Gasteiger partial charge in [-0.1, -0.05) is 36.4 Å². The Labute approximate surface area is 154 Å². The number of aromatic amines is 1. The Balaban J connectivity index is 1.62. The molecule has 8 nitrogen and oxygen atoms in total. The number of aromatic nitrogens is 2. The molecule has 2 aromatic carbocycles. The minimum atomic E-state index is -0.618. The number of para-hydroxylation sites is 1. The maximum Gasteiger partial charge on any atom is 0.290 e. The normalized spacial score (nSPS) is 10.4. The fraction of sp³-hybridized carbons (Fsp3) is 0.158. The molecule has 8 heteroatoms. The number of nitrogens with one attached hydrogen (secondary N) is 3. The van der Waals surface area contributed by atoms with Gasteiger partial charge in [0.15, 0.2) is 5.69 Å². The average molecular weight is 366 g/mol. The van der Waals surface area contributed by atoms with Gasteiger partial charge in [0.2, 0.25) is 5.91 Å². The number of carbonyl (C=O) groups is 2. The fourth-order valence-corrected chi connectivity index (χ4v) is 2.69. The molecule has 1 aromatic heterocycles. The highest BCUT2D eigenvalue weighted by atomic mass is 16.5. The van der Waals surface area contributed by atoms with E-state index < -0.39 is 5.91 Å². The molecule has 0 saturated heterocycles. The van der Waals surface area contributed by atoms with E-state index in [2.05, 4.69) is 21.0 Å². The van der Waals surface area contributed by atoms with Crippen molar-refractivity contribution in [1.29, 1.82) is 0 Å². The van der Waals surface area contributed by atoms with Gasteiger partial charge >= 0.3 is 0 Å². The van der Waals surface area contributed by atoms with Crippen LogP contribution in [0.3, 0.4) is 0 Å². The summed E-state index contributed by atoms with van der Waals surface area (Å²) < 4.78 is 5.25. The van der Waals surface area contributed by atoms with Gasteiger partial charge in [0.1, 0.15) is 5.75 Å². The molecule has 3 N–H and O–H groups in total. The number of methoxy groups -OCH3 is 1.